The fourth-order valence-corrected chi connectivity index (χ4v) is 3.83. The van der Waals surface area contributed by atoms with Crippen LogP contribution < -0.4 is 5.32 Å². The van der Waals surface area contributed by atoms with Crippen molar-refractivity contribution >= 4 is 22.2 Å². The predicted molar refractivity (Wildman–Crippen MR) is 91.4 cm³/mol. The maximum Gasteiger partial charge on any atom is 0.436 e. The molecule has 1 aromatic heterocycles. The van der Waals surface area contributed by atoms with Gasteiger partial charge in [-0.25, -0.2) is 13.8 Å². The van der Waals surface area contributed by atoms with Crippen LogP contribution in [0.3, 0.4) is 0 Å². The number of nitrogens with zero attached hydrogens (tertiary/aromatic N) is 1. The molecule has 1 heterocycles. The highest BCUT2D eigenvalue weighted by molar-refractivity contribution is 7.16. The molecule has 0 fully saturated rings. The van der Waals surface area contributed by atoms with Crippen molar-refractivity contribution < 1.29 is 74.6 Å². The van der Waals surface area contributed by atoms with Gasteiger partial charge in [-0.15, -0.1) is 0 Å². The number of hydrogen-bond acceptors (Lipinski definition) is 3. The summed E-state index contributed by atoms with van der Waals surface area (Å²) in [5.74, 6) is 0. The fraction of sp³-hybridized carbons (Fsp3) is 0.471. The first kappa shape index (κ1) is 30.7. The molecule has 210 valence electrons. The second-order valence-electron chi connectivity index (χ2n) is 7.13. The summed E-state index contributed by atoms with van der Waals surface area (Å²) in [6.45, 7) is 0. The van der Waals surface area contributed by atoms with Crippen molar-refractivity contribution in [1.82, 2.24) is 4.98 Å². The maximum absolute atomic E-state index is 14.6. The van der Waals surface area contributed by atoms with Crippen LogP contribution in [-0.2, 0) is 18.3 Å². The van der Waals surface area contributed by atoms with Crippen molar-refractivity contribution in [3.8, 4) is 0 Å². The minimum atomic E-state index is -7.06. The molecular formula is C17H7F17N2S. The van der Waals surface area contributed by atoms with Gasteiger partial charge in [0.25, 0.3) is 0 Å². The van der Waals surface area contributed by atoms with Gasteiger partial charge in [0, 0.05) is 12.1 Å². The lowest BCUT2D eigenvalue weighted by atomic mass is 9.93. The van der Waals surface area contributed by atoms with Crippen LogP contribution in [0.5, 0.6) is 0 Å². The van der Waals surface area contributed by atoms with Crippen LogP contribution in [0.1, 0.15) is 16.1 Å². The largest absolute Gasteiger partial charge is 0.436 e. The number of anilines is 2. The normalized spacial score (nSPS) is 14.7. The lowest BCUT2D eigenvalue weighted by Gasteiger charge is -2.32. The van der Waals surface area contributed by atoms with Gasteiger partial charge >= 0.3 is 42.2 Å². The topological polar surface area (TPSA) is 24.9 Å². The number of alkyl halides is 17. The van der Waals surface area contributed by atoms with E-state index in [0.29, 0.717) is 18.2 Å². The van der Waals surface area contributed by atoms with E-state index in [-0.39, 0.29) is 6.07 Å². The zero-order chi connectivity index (χ0) is 29.0. The quantitative estimate of drug-likeness (QED) is 0.351. The third kappa shape index (κ3) is 5.66. The Morgan fingerprint density at radius 1 is 0.676 bits per heavy atom. The van der Waals surface area contributed by atoms with E-state index in [4.69, 9.17) is 0 Å². The summed E-state index contributed by atoms with van der Waals surface area (Å²) in [5.41, 5.74) is -18.0. The van der Waals surface area contributed by atoms with Crippen molar-refractivity contribution in [1.29, 1.82) is 0 Å². The first-order valence-corrected chi connectivity index (χ1v) is 9.66. The molecule has 0 unspecified atom stereocenters. The van der Waals surface area contributed by atoms with Crippen molar-refractivity contribution in [2.75, 3.05) is 5.32 Å². The molecule has 0 saturated heterocycles. The summed E-state index contributed by atoms with van der Waals surface area (Å²) < 4.78 is 224. The number of aromatic nitrogens is 1. The number of hydrogen-bond donors (Lipinski definition) is 1. The van der Waals surface area contributed by atoms with Gasteiger partial charge < -0.3 is 5.32 Å². The molecule has 20 heteroatoms. The van der Waals surface area contributed by atoms with Crippen LogP contribution in [0.25, 0.3) is 0 Å². The molecule has 2 nitrogen and oxygen atoms in total. The maximum atomic E-state index is 14.6. The highest BCUT2D eigenvalue weighted by Crippen LogP contribution is 2.57. The fourth-order valence-electron chi connectivity index (χ4n) is 2.70. The molecule has 0 aliphatic carbocycles. The van der Waals surface area contributed by atoms with Gasteiger partial charge in [-0.3, -0.25) is 0 Å². The molecule has 0 radical (unpaired) electrons. The van der Waals surface area contributed by atoms with Gasteiger partial charge in [0.15, 0.2) is 5.13 Å². The SMILES string of the molecule is FC(F)(F)c1cccc(Nc2nc(CC(F)(C(F)(F)F)C(F)(F)F)c(C(F)(C(F)(F)F)C(F)(F)F)s2)c1. The summed E-state index contributed by atoms with van der Waals surface area (Å²) in [7, 11) is 0. The first-order chi connectivity index (χ1) is 16.3. The summed E-state index contributed by atoms with van der Waals surface area (Å²) in [4.78, 5) is -0.298. The van der Waals surface area contributed by atoms with E-state index in [2.05, 4.69) is 4.98 Å². The van der Waals surface area contributed by atoms with Crippen LogP contribution in [0.15, 0.2) is 24.3 Å². The first-order valence-electron chi connectivity index (χ1n) is 8.85. The number of thiazole rings is 1. The molecule has 0 atom stereocenters. The van der Waals surface area contributed by atoms with Crippen LogP contribution >= 0.6 is 11.3 Å². The van der Waals surface area contributed by atoms with Gasteiger partial charge in [0.2, 0.25) is 0 Å². The summed E-state index contributed by atoms with van der Waals surface area (Å²) in [6.07, 6.45) is -36.5. The van der Waals surface area contributed by atoms with Crippen LogP contribution in [-0.4, -0.2) is 35.4 Å². The van der Waals surface area contributed by atoms with Crippen LogP contribution in [0.4, 0.5) is 85.5 Å². The van der Waals surface area contributed by atoms with E-state index in [1.54, 1.807) is 5.32 Å². The molecule has 0 amide bonds. The smallest absolute Gasteiger partial charge is 0.332 e. The van der Waals surface area contributed by atoms with E-state index in [1.165, 1.54) is 0 Å². The lowest BCUT2D eigenvalue weighted by molar-refractivity contribution is -0.349. The summed E-state index contributed by atoms with van der Waals surface area (Å²) in [5, 5.41) is 0.129. The molecule has 0 aliphatic rings. The molecule has 2 rings (SSSR count). The van der Waals surface area contributed by atoms with E-state index >= 15 is 0 Å². The van der Waals surface area contributed by atoms with E-state index in [0.717, 1.165) is 0 Å². The van der Waals surface area contributed by atoms with Crippen molar-refractivity contribution in [2.24, 2.45) is 0 Å². The van der Waals surface area contributed by atoms with Crippen LogP contribution in [0.2, 0.25) is 0 Å². The molecule has 1 aromatic carbocycles. The molecule has 0 bridgehead atoms. The van der Waals surface area contributed by atoms with Gasteiger partial charge in [-0.05, 0) is 18.2 Å². The molecule has 37 heavy (non-hydrogen) atoms. The minimum absolute atomic E-state index is 0.182. The Labute approximate surface area is 197 Å². The van der Waals surface area contributed by atoms with E-state index < -0.39 is 86.9 Å². The zero-order valence-electron chi connectivity index (χ0n) is 16.8. The minimum Gasteiger partial charge on any atom is -0.332 e. The van der Waals surface area contributed by atoms with E-state index in [1.807, 2.05) is 0 Å². The van der Waals surface area contributed by atoms with Gasteiger partial charge in [0.05, 0.1) is 16.1 Å². The summed E-state index contributed by atoms with van der Waals surface area (Å²) >= 11 is -1.13. The van der Waals surface area contributed by atoms with Gasteiger partial charge in [-0.1, -0.05) is 17.4 Å². The average Bonchev–Trinajstić information content (AvgIpc) is 3.05. The Bertz CT molecular complexity index is 1080. The Kier molecular flexibility index (Phi) is 7.49. The monoisotopic (exact) mass is 594 g/mol. The van der Waals surface area contributed by atoms with Gasteiger partial charge in [-0.2, -0.15) is 65.9 Å². The Morgan fingerprint density at radius 3 is 1.57 bits per heavy atom. The lowest BCUT2D eigenvalue weighted by Crippen LogP contribution is -2.55. The highest BCUT2D eigenvalue weighted by Gasteiger charge is 2.77. The Hall–Kier alpha value is -2.54. The number of halogens is 17. The van der Waals surface area contributed by atoms with Crippen molar-refractivity contribution in [3.05, 3.63) is 40.4 Å². The third-order valence-electron chi connectivity index (χ3n) is 4.54. The number of rotatable bonds is 5. The average molecular weight is 594 g/mol. The standard InChI is InChI=1S/C17H7F17N2S/c18-11(14(23,24)25,15(26,27)28)5-8-9(12(19,16(29,30)31)17(32,33)34)37-10(36-8)35-7-3-1-2-6(4-7)13(20,21)22/h1-4H,5H2,(H,35,36). The van der Waals surface area contributed by atoms with Crippen molar-refractivity contribution in [2.45, 2.75) is 48.6 Å². The second-order valence-corrected chi connectivity index (χ2v) is 8.12. The molecule has 0 spiro atoms. The predicted octanol–water partition coefficient (Wildman–Crippen LogP) is 8.57. The molecule has 0 aliphatic heterocycles. The zero-order valence-corrected chi connectivity index (χ0v) is 17.6. The summed E-state index contributed by atoms with van der Waals surface area (Å²) in [6, 6.07) is 1.96. The molecule has 2 aromatic rings. The highest BCUT2D eigenvalue weighted by atomic mass is 32.1. The molecule has 1 N–H and O–H groups in total. The van der Waals surface area contributed by atoms with Gasteiger partial charge in [0.1, 0.15) is 0 Å². The van der Waals surface area contributed by atoms with Crippen LogP contribution in [0, 0.1) is 0 Å². The Morgan fingerprint density at radius 2 is 1.16 bits per heavy atom. The second kappa shape index (κ2) is 9.04. The Balaban J connectivity index is 2.79. The van der Waals surface area contributed by atoms with E-state index in [9.17, 15) is 74.6 Å². The number of benzene rings is 1. The molecular weight excluding hydrogens is 587 g/mol. The molecule has 0 saturated carbocycles. The third-order valence-corrected chi connectivity index (χ3v) is 5.65. The van der Waals surface area contributed by atoms with Crippen molar-refractivity contribution in [3.63, 3.8) is 0 Å². The number of nitrogens with one attached hydrogen (secondary N) is 1.